The van der Waals surface area contributed by atoms with Crippen molar-refractivity contribution in [3.8, 4) is 0 Å². The lowest BCUT2D eigenvalue weighted by Crippen LogP contribution is -2.24. The number of ketones is 1. The number of carbonyl (C=O) groups excluding carboxylic acids is 3. The maximum Gasteiger partial charge on any atom is 0.228 e. The maximum atomic E-state index is 11.9. The van der Waals surface area contributed by atoms with E-state index < -0.39 is 0 Å². The highest BCUT2D eigenvalue weighted by atomic mass is 32.2. The highest BCUT2D eigenvalue weighted by Crippen LogP contribution is 2.28. The van der Waals surface area contributed by atoms with E-state index in [-0.39, 0.29) is 22.1 Å². The number of anilines is 1. The summed E-state index contributed by atoms with van der Waals surface area (Å²) in [6.07, 6.45) is 0.388. The number of carbonyl (C=O) groups is 3. The van der Waals surface area contributed by atoms with E-state index in [9.17, 15) is 14.4 Å². The molecule has 1 aliphatic heterocycles. The van der Waals surface area contributed by atoms with Crippen LogP contribution in [0.5, 0.6) is 0 Å². The summed E-state index contributed by atoms with van der Waals surface area (Å²) < 4.78 is 0. The van der Waals surface area contributed by atoms with Crippen LogP contribution < -0.4 is 4.90 Å². The largest absolute Gasteiger partial charge is 0.311 e. The predicted octanol–water partition coefficient (Wildman–Crippen LogP) is 2.27. The van der Waals surface area contributed by atoms with E-state index in [2.05, 4.69) is 0 Å². The number of hydrogen-bond acceptors (Lipinski definition) is 4. The lowest BCUT2D eigenvalue weighted by atomic mass is 10.1. The van der Waals surface area contributed by atoms with Gasteiger partial charge in [-0.25, -0.2) is 0 Å². The van der Waals surface area contributed by atoms with Crippen LogP contribution in [0.4, 0.5) is 5.69 Å². The summed E-state index contributed by atoms with van der Waals surface area (Å²) in [7, 11) is 0. The summed E-state index contributed by atoms with van der Waals surface area (Å²) in [6, 6.07) is 6.98. The van der Waals surface area contributed by atoms with E-state index in [4.69, 9.17) is 0 Å². The van der Waals surface area contributed by atoms with Crippen molar-refractivity contribution in [2.45, 2.75) is 25.5 Å². The average Bonchev–Trinajstić information content (AvgIpc) is 2.69. The van der Waals surface area contributed by atoms with Gasteiger partial charge in [-0.2, -0.15) is 0 Å². The van der Waals surface area contributed by atoms with Crippen molar-refractivity contribution >= 4 is 34.3 Å². The molecule has 100 valence electrons. The molecule has 0 radical (unpaired) electrons. The highest BCUT2D eigenvalue weighted by Gasteiger charge is 2.31. The van der Waals surface area contributed by atoms with Crippen LogP contribution in [-0.4, -0.2) is 28.6 Å². The van der Waals surface area contributed by atoms with E-state index in [0.29, 0.717) is 18.5 Å². The minimum Gasteiger partial charge on any atom is -0.311 e. The molecule has 1 heterocycles. The normalized spacial score (nSPS) is 18.7. The number of hydrogen-bond donors (Lipinski definition) is 0. The van der Waals surface area contributed by atoms with Crippen molar-refractivity contribution in [1.82, 2.24) is 0 Å². The van der Waals surface area contributed by atoms with Crippen LogP contribution >= 0.6 is 11.8 Å². The molecule has 1 aliphatic rings. The van der Waals surface area contributed by atoms with Crippen molar-refractivity contribution in [3.05, 3.63) is 29.8 Å². The van der Waals surface area contributed by atoms with Gasteiger partial charge in [-0.05, 0) is 31.2 Å². The molecule has 0 saturated carbocycles. The number of benzene rings is 1. The summed E-state index contributed by atoms with van der Waals surface area (Å²) in [5.41, 5.74) is 1.41. The van der Waals surface area contributed by atoms with Crippen molar-refractivity contribution in [2.75, 3.05) is 11.4 Å². The monoisotopic (exact) mass is 277 g/mol. The molecule has 1 atom stereocenters. The van der Waals surface area contributed by atoms with Crippen molar-refractivity contribution in [2.24, 2.45) is 0 Å². The Balaban J connectivity index is 2.11. The number of thioether (sulfide) groups is 1. The maximum absolute atomic E-state index is 11.9. The molecule has 0 aliphatic carbocycles. The first-order valence-corrected chi connectivity index (χ1v) is 6.94. The van der Waals surface area contributed by atoms with Crippen molar-refractivity contribution < 1.29 is 14.4 Å². The van der Waals surface area contributed by atoms with Crippen LogP contribution in [0.2, 0.25) is 0 Å². The van der Waals surface area contributed by atoms with Crippen LogP contribution in [-0.2, 0) is 9.59 Å². The van der Waals surface area contributed by atoms with E-state index in [1.165, 1.54) is 25.6 Å². The van der Waals surface area contributed by atoms with Crippen LogP contribution in [0.1, 0.15) is 30.6 Å². The van der Waals surface area contributed by atoms with Gasteiger partial charge in [0.15, 0.2) is 10.9 Å². The summed E-state index contributed by atoms with van der Waals surface area (Å²) >= 11 is 1.22. The molecular formula is C14H15NO3S. The molecule has 1 fully saturated rings. The standard InChI is InChI=1S/C14H15NO3S/c1-9(16)11-3-5-12(6-4-11)15-8-13(7-14(15)18)19-10(2)17/h3-6,13H,7-8H2,1-2H3. The van der Waals surface area contributed by atoms with Gasteiger partial charge in [0.2, 0.25) is 5.91 Å². The van der Waals surface area contributed by atoms with Gasteiger partial charge in [-0.15, -0.1) is 0 Å². The lowest BCUT2D eigenvalue weighted by molar-refractivity contribution is -0.117. The van der Waals surface area contributed by atoms with Gasteiger partial charge in [0, 0.05) is 36.4 Å². The molecule has 1 saturated heterocycles. The third kappa shape index (κ3) is 3.23. The van der Waals surface area contributed by atoms with E-state index in [0.717, 1.165) is 5.69 Å². The van der Waals surface area contributed by atoms with Gasteiger partial charge in [-0.3, -0.25) is 14.4 Å². The molecule has 1 amide bonds. The summed E-state index contributed by atoms with van der Waals surface area (Å²) in [4.78, 5) is 35.9. The topological polar surface area (TPSA) is 54.5 Å². The molecule has 0 bridgehead atoms. The minimum absolute atomic E-state index is 0.00399. The summed E-state index contributed by atoms with van der Waals surface area (Å²) in [5, 5.41) is 0.0593. The molecule has 4 nitrogen and oxygen atoms in total. The Kier molecular flexibility index (Phi) is 4.04. The Hall–Kier alpha value is -1.62. The first-order valence-electron chi connectivity index (χ1n) is 6.06. The zero-order valence-corrected chi connectivity index (χ0v) is 11.7. The number of nitrogens with zero attached hydrogens (tertiary/aromatic N) is 1. The fourth-order valence-electron chi connectivity index (χ4n) is 2.11. The first-order chi connectivity index (χ1) is 8.97. The lowest BCUT2D eigenvalue weighted by Gasteiger charge is -2.16. The second-order valence-corrected chi connectivity index (χ2v) is 6.02. The van der Waals surface area contributed by atoms with Crippen LogP contribution in [0, 0.1) is 0 Å². The third-order valence-corrected chi connectivity index (χ3v) is 3.99. The van der Waals surface area contributed by atoms with Gasteiger partial charge in [0.1, 0.15) is 0 Å². The molecule has 5 heteroatoms. The molecule has 1 aromatic carbocycles. The molecule has 2 rings (SSSR count). The first kappa shape index (κ1) is 13.8. The molecule has 1 unspecified atom stereocenters. The smallest absolute Gasteiger partial charge is 0.228 e. The molecule has 1 aromatic rings. The second kappa shape index (κ2) is 5.57. The summed E-state index contributed by atoms with van der Waals surface area (Å²) in [6.45, 7) is 3.57. The Bertz CT molecular complexity index is 524. The zero-order valence-electron chi connectivity index (χ0n) is 10.9. The van der Waals surface area contributed by atoms with Crippen molar-refractivity contribution in [3.63, 3.8) is 0 Å². The minimum atomic E-state index is 0.00399. The Labute approximate surface area is 116 Å². The Morgan fingerprint density at radius 1 is 1.21 bits per heavy atom. The Morgan fingerprint density at radius 2 is 1.84 bits per heavy atom. The van der Waals surface area contributed by atoms with E-state index in [1.807, 2.05) is 0 Å². The molecular weight excluding hydrogens is 262 g/mol. The highest BCUT2D eigenvalue weighted by molar-refractivity contribution is 8.14. The van der Waals surface area contributed by atoms with Gasteiger partial charge in [0.25, 0.3) is 0 Å². The number of amides is 1. The molecule has 0 spiro atoms. The fourth-order valence-corrected chi connectivity index (χ4v) is 3.03. The van der Waals surface area contributed by atoms with E-state index >= 15 is 0 Å². The van der Waals surface area contributed by atoms with E-state index in [1.54, 1.807) is 29.2 Å². The van der Waals surface area contributed by atoms with Crippen LogP contribution in [0.15, 0.2) is 24.3 Å². The number of rotatable bonds is 3. The summed E-state index contributed by atoms with van der Waals surface area (Å²) in [5.74, 6) is 0.0265. The van der Waals surface area contributed by atoms with Crippen molar-refractivity contribution in [1.29, 1.82) is 0 Å². The number of Topliss-reactive ketones (excluding diaryl/α,β-unsaturated/α-hetero) is 1. The predicted molar refractivity (Wildman–Crippen MR) is 75.5 cm³/mol. The SMILES string of the molecule is CC(=O)SC1CC(=O)N(c2ccc(C(C)=O)cc2)C1. The molecule has 0 N–H and O–H groups in total. The third-order valence-electron chi connectivity index (χ3n) is 3.01. The quantitative estimate of drug-likeness (QED) is 0.795. The van der Waals surface area contributed by atoms with Gasteiger partial charge in [-0.1, -0.05) is 11.8 Å². The van der Waals surface area contributed by atoms with Gasteiger partial charge in [0.05, 0.1) is 0 Å². The van der Waals surface area contributed by atoms with Gasteiger partial charge < -0.3 is 4.90 Å². The van der Waals surface area contributed by atoms with Crippen LogP contribution in [0.3, 0.4) is 0 Å². The van der Waals surface area contributed by atoms with Gasteiger partial charge >= 0.3 is 0 Å². The zero-order chi connectivity index (χ0) is 14.0. The second-order valence-electron chi connectivity index (χ2n) is 4.54. The molecule has 19 heavy (non-hydrogen) atoms. The fraction of sp³-hybridized carbons (Fsp3) is 0.357. The average molecular weight is 277 g/mol. The Morgan fingerprint density at radius 3 is 2.37 bits per heavy atom. The molecule has 0 aromatic heterocycles. The van der Waals surface area contributed by atoms with Crippen LogP contribution in [0.25, 0.3) is 0 Å².